The van der Waals surface area contributed by atoms with E-state index in [2.05, 4.69) is 16.0 Å². The molecule has 0 radical (unpaired) electrons. The van der Waals surface area contributed by atoms with Gasteiger partial charge in [0, 0.05) is 5.92 Å². The molecule has 0 heterocycles. The molecule has 1 aliphatic carbocycles. The molecule has 3 amide bonds. The van der Waals surface area contributed by atoms with Gasteiger partial charge in [-0.1, -0.05) is 31.4 Å². The fourth-order valence-corrected chi connectivity index (χ4v) is 2.96. The van der Waals surface area contributed by atoms with Crippen LogP contribution in [0.1, 0.15) is 52.9 Å². The summed E-state index contributed by atoms with van der Waals surface area (Å²) in [6, 6.07) is 7.03. The fraction of sp³-hybridized carbons (Fsp3) is 0.550. The van der Waals surface area contributed by atoms with Crippen molar-refractivity contribution in [1.29, 1.82) is 0 Å². The molecule has 3 N–H and O–H groups in total. The van der Waals surface area contributed by atoms with Crippen LogP contribution in [0.25, 0.3) is 0 Å². The van der Waals surface area contributed by atoms with E-state index >= 15 is 0 Å². The maximum atomic E-state index is 12.5. The first kappa shape index (κ1) is 20.7. The zero-order valence-corrected chi connectivity index (χ0v) is 16.3. The molecule has 7 heteroatoms. The summed E-state index contributed by atoms with van der Waals surface area (Å²) in [5.41, 5.74) is 0.424. The first-order valence-electron chi connectivity index (χ1n) is 9.41. The summed E-state index contributed by atoms with van der Waals surface area (Å²) in [6.45, 7) is 5.02. The molecule has 1 aromatic rings. The smallest absolute Gasteiger partial charge is 0.408 e. The van der Waals surface area contributed by atoms with Gasteiger partial charge in [-0.15, -0.1) is 0 Å². The van der Waals surface area contributed by atoms with Crippen LogP contribution >= 0.6 is 0 Å². The highest BCUT2D eigenvalue weighted by Crippen LogP contribution is 2.27. The predicted molar refractivity (Wildman–Crippen MR) is 105 cm³/mol. The normalized spacial score (nSPS) is 14.9. The van der Waals surface area contributed by atoms with E-state index in [-0.39, 0.29) is 18.4 Å². The van der Waals surface area contributed by atoms with Gasteiger partial charge in [-0.25, -0.2) is 4.79 Å². The molecule has 0 aliphatic heterocycles. The number of rotatable bonds is 5. The van der Waals surface area contributed by atoms with Crippen molar-refractivity contribution >= 4 is 29.3 Å². The molecule has 0 unspecified atom stereocenters. The summed E-state index contributed by atoms with van der Waals surface area (Å²) in [6.07, 6.45) is 4.48. The molecular weight excluding hydrogens is 346 g/mol. The Morgan fingerprint density at radius 1 is 1.00 bits per heavy atom. The highest BCUT2D eigenvalue weighted by atomic mass is 16.6. The Bertz CT molecular complexity index is 676. The molecule has 1 fully saturated rings. The second-order valence-electron chi connectivity index (χ2n) is 7.77. The van der Waals surface area contributed by atoms with E-state index in [0.29, 0.717) is 11.4 Å². The predicted octanol–water partition coefficient (Wildman–Crippen LogP) is 3.67. The van der Waals surface area contributed by atoms with Gasteiger partial charge in [0.25, 0.3) is 0 Å². The van der Waals surface area contributed by atoms with Gasteiger partial charge >= 0.3 is 6.09 Å². The van der Waals surface area contributed by atoms with Crippen molar-refractivity contribution < 1.29 is 19.1 Å². The molecule has 0 saturated heterocycles. The number of anilines is 2. The van der Waals surface area contributed by atoms with Gasteiger partial charge in [0.05, 0.1) is 11.4 Å². The van der Waals surface area contributed by atoms with E-state index in [4.69, 9.17) is 4.74 Å². The summed E-state index contributed by atoms with van der Waals surface area (Å²) in [5.74, 6) is -0.389. The molecule has 7 nitrogen and oxygen atoms in total. The standard InChI is InChI=1S/C20H29N3O4/c1-20(2,3)27-19(26)21-13-17(24)22-15-11-7-8-12-16(15)23-18(25)14-9-5-4-6-10-14/h7-8,11-12,14H,4-6,9-10,13H2,1-3H3,(H,21,26)(H,22,24)(H,23,25). The van der Waals surface area contributed by atoms with Crippen molar-refractivity contribution in [2.75, 3.05) is 17.2 Å². The van der Waals surface area contributed by atoms with Gasteiger partial charge in [-0.3, -0.25) is 9.59 Å². The molecule has 0 spiro atoms. The summed E-state index contributed by atoms with van der Waals surface area (Å²) in [7, 11) is 0. The molecule has 0 aromatic heterocycles. The van der Waals surface area contributed by atoms with E-state index in [1.54, 1.807) is 45.0 Å². The minimum atomic E-state index is -0.656. The Kier molecular flexibility index (Phi) is 7.21. The molecule has 27 heavy (non-hydrogen) atoms. The maximum Gasteiger partial charge on any atom is 0.408 e. The van der Waals surface area contributed by atoms with Crippen LogP contribution in [-0.4, -0.2) is 30.1 Å². The quantitative estimate of drug-likeness (QED) is 0.731. The van der Waals surface area contributed by atoms with Crippen molar-refractivity contribution in [3.63, 3.8) is 0 Å². The Labute approximate surface area is 160 Å². The molecule has 2 rings (SSSR count). The number of hydrogen-bond acceptors (Lipinski definition) is 4. The van der Waals surface area contributed by atoms with Gasteiger partial charge in [-0.2, -0.15) is 0 Å². The second-order valence-corrected chi connectivity index (χ2v) is 7.77. The van der Waals surface area contributed by atoms with Crippen LogP contribution in [0, 0.1) is 5.92 Å². The van der Waals surface area contributed by atoms with E-state index < -0.39 is 17.6 Å². The Morgan fingerprint density at radius 3 is 2.19 bits per heavy atom. The lowest BCUT2D eigenvalue weighted by Crippen LogP contribution is -2.37. The molecule has 1 aliphatic rings. The van der Waals surface area contributed by atoms with Crippen LogP contribution in [0.4, 0.5) is 16.2 Å². The maximum absolute atomic E-state index is 12.5. The Hall–Kier alpha value is -2.57. The SMILES string of the molecule is CC(C)(C)OC(=O)NCC(=O)Nc1ccccc1NC(=O)C1CCCCC1. The number of amides is 3. The van der Waals surface area contributed by atoms with Gasteiger partial charge in [0.15, 0.2) is 0 Å². The minimum Gasteiger partial charge on any atom is -0.444 e. The van der Waals surface area contributed by atoms with E-state index in [1.165, 1.54) is 6.42 Å². The molecule has 0 atom stereocenters. The zero-order chi connectivity index (χ0) is 19.9. The largest absolute Gasteiger partial charge is 0.444 e. The van der Waals surface area contributed by atoms with Crippen LogP contribution in [0.3, 0.4) is 0 Å². The molecule has 1 aromatic carbocycles. The van der Waals surface area contributed by atoms with Crippen LogP contribution in [0.5, 0.6) is 0 Å². The van der Waals surface area contributed by atoms with Gasteiger partial charge in [0.1, 0.15) is 12.1 Å². The third-order valence-electron chi connectivity index (χ3n) is 4.23. The number of carbonyl (C=O) groups excluding carboxylic acids is 3. The lowest BCUT2D eigenvalue weighted by molar-refractivity contribution is -0.120. The van der Waals surface area contributed by atoms with Crippen molar-refractivity contribution in [2.24, 2.45) is 5.92 Å². The lowest BCUT2D eigenvalue weighted by atomic mass is 9.88. The first-order chi connectivity index (χ1) is 12.7. The monoisotopic (exact) mass is 375 g/mol. The van der Waals surface area contributed by atoms with E-state index in [9.17, 15) is 14.4 Å². The van der Waals surface area contributed by atoms with Gasteiger partial charge in [0.2, 0.25) is 11.8 Å². The minimum absolute atomic E-state index is 0.0109. The molecule has 0 bridgehead atoms. The third kappa shape index (κ3) is 7.29. The van der Waals surface area contributed by atoms with Crippen LogP contribution in [0.2, 0.25) is 0 Å². The molecule has 148 valence electrons. The lowest BCUT2D eigenvalue weighted by Gasteiger charge is -2.22. The Balaban J connectivity index is 1.90. The first-order valence-corrected chi connectivity index (χ1v) is 9.41. The number of carbonyl (C=O) groups is 3. The van der Waals surface area contributed by atoms with Crippen LogP contribution in [-0.2, 0) is 14.3 Å². The van der Waals surface area contributed by atoms with Crippen LogP contribution < -0.4 is 16.0 Å². The van der Waals surface area contributed by atoms with Crippen LogP contribution in [0.15, 0.2) is 24.3 Å². The fourth-order valence-electron chi connectivity index (χ4n) is 2.96. The number of benzene rings is 1. The topological polar surface area (TPSA) is 96.5 Å². The highest BCUT2D eigenvalue weighted by Gasteiger charge is 2.22. The zero-order valence-electron chi connectivity index (χ0n) is 16.3. The van der Waals surface area contributed by atoms with Crippen molar-refractivity contribution in [3.05, 3.63) is 24.3 Å². The van der Waals surface area contributed by atoms with Crippen molar-refractivity contribution in [1.82, 2.24) is 5.32 Å². The highest BCUT2D eigenvalue weighted by molar-refractivity contribution is 6.01. The summed E-state index contributed by atoms with van der Waals surface area (Å²) in [5, 5.41) is 8.04. The summed E-state index contributed by atoms with van der Waals surface area (Å²) >= 11 is 0. The summed E-state index contributed by atoms with van der Waals surface area (Å²) in [4.78, 5) is 36.2. The summed E-state index contributed by atoms with van der Waals surface area (Å²) < 4.78 is 5.09. The van der Waals surface area contributed by atoms with Gasteiger partial charge in [-0.05, 0) is 45.7 Å². The molecule has 1 saturated carbocycles. The molecular formula is C20H29N3O4. The average Bonchev–Trinajstić information content (AvgIpc) is 2.61. The van der Waals surface area contributed by atoms with E-state index in [1.807, 2.05) is 0 Å². The third-order valence-corrected chi connectivity index (χ3v) is 4.23. The van der Waals surface area contributed by atoms with Gasteiger partial charge < -0.3 is 20.7 Å². The number of ether oxygens (including phenoxy) is 1. The van der Waals surface area contributed by atoms with Crippen molar-refractivity contribution in [3.8, 4) is 0 Å². The second kappa shape index (κ2) is 9.39. The van der Waals surface area contributed by atoms with E-state index in [0.717, 1.165) is 25.7 Å². The average molecular weight is 375 g/mol. The number of nitrogens with one attached hydrogen (secondary N) is 3. The van der Waals surface area contributed by atoms with Crippen molar-refractivity contribution in [2.45, 2.75) is 58.5 Å². The number of alkyl carbamates (subject to hydrolysis) is 1. The number of para-hydroxylation sites is 2. The Morgan fingerprint density at radius 2 is 1.59 bits per heavy atom. The number of hydrogen-bond donors (Lipinski definition) is 3.